The molecule has 0 aliphatic carbocycles. The van der Waals surface area contributed by atoms with Gasteiger partial charge in [0.05, 0.1) is 12.1 Å². The van der Waals surface area contributed by atoms with Crippen LogP contribution in [-0.2, 0) is 9.59 Å². The predicted molar refractivity (Wildman–Crippen MR) is 80.0 cm³/mol. The molecule has 2 fully saturated rings. The second-order valence-electron chi connectivity index (χ2n) is 6.05. The smallest absolute Gasteiger partial charge is 0.257 e. The molecule has 0 radical (unpaired) electrons. The Morgan fingerprint density at radius 3 is 2.58 bits per heavy atom. The third kappa shape index (κ3) is 2.51. The number of piperazine rings is 2. The lowest BCUT2D eigenvalue weighted by Crippen LogP contribution is -2.69. The number of rotatable bonds is 1. The van der Waals surface area contributed by atoms with Crippen molar-refractivity contribution in [1.82, 2.24) is 14.7 Å². The van der Waals surface area contributed by atoms with Crippen LogP contribution >= 0.6 is 0 Å². The first-order valence-corrected chi connectivity index (χ1v) is 7.62. The highest BCUT2D eigenvalue weighted by atomic mass is 19.1. The lowest BCUT2D eigenvalue weighted by Gasteiger charge is -2.47. The van der Waals surface area contributed by atoms with Crippen molar-refractivity contribution in [2.45, 2.75) is 19.0 Å². The number of hydrogen-bond acceptors (Lipinski definition) is 3. The molecule has 0 bridgehead atoms. The van der Waals surface area contributed by atoms with Gasteiger partial charge in [-0.1, -0.05) is 0 Å². The summed E-state index contributed by atoms with van der Waals surface area (Å²) in [5.41, 5.74) is -0.375. The molecule has 2 aliphatic heterocycles. The summed E-state index contributed by atoms with van der Waals surface area (Å²) in [6, 6.07) is 1.34. The van der Waals surface area contributed by atoms with Gasteiger partial charge in [0.2, 0.25) is 11.8 Å². The number of benzene rings is 1. The van der Waals surface area contributed by atoms with Crippen LogP contribution in [0.15, 0.2) is 18.2 Å². The van der Waals surface area contributed by atoms with E-state index in [0.29, 0.717) is 0 Å². The second-order valence-corrected chi connectivity index (χ2v) is 6.05. The fraction of sp³-hybridized carbons (Fsp3) is 0.438. The minimum absolute atomic E-state index is 0.0313. The van der Waals surface area contributed by atoms with Crippen LogP contribution in [0.25, 0.3) is 0 Å². The average Bonchev–Trinajstić information content (AvgIpc) is 2.59. The molecule has 6 nitrogen and oxygen atoms in total. The summed E-state index contributed by atoms with van der Waals surface area (Å²) < 4.78 is 27.1. The van der Waals surface area contributed by atoms with Crippen molar-refractivity contribution in [1.29, 1.82) is 0 Å². The van der Waals surface area contributed by atoms with Gasteiger partial charge >= 0.3 is 0 Å². The van der Waals surface area contributed by atoms with Crippen LogP contribution in [0.3, 0.4) is 0 Å². The Morgan fingerprint density at radius 2 is 1.88 bits per heavy atom. The number of fused-ring (bicyclic) bond motifs is 1. The van der Waals surface area contributed by atoms with Crippen LogP contribution in [0.5, 0.6) is 0 Å². The van der Waals surface area contributed by atoms with Crippen molar-refractivity contribution in [2.75, 3.05) is 26.7 Å². The van der Waals surface area contributed by atoms with Crippen molar-refractivity contribution in [2.24, 2.45) is 0 Å². The molecule has 0 aromatic heterocycles. The largest absolute Gasteiger partial charge is 0.334 e. The van der Waals surface area contributed by atoms with Gasteiger partial charge < -0.3 is 14.7 Å². The van der Waals surface area contributed by atoms with Crippen molar-refractivity contribution in [3.05, 3.63) is 35.4 Å². The molecule has 1 aromatic carbocycles. The molecular formula is C16H17F2N3O3. The summed E-state index contributed by atoms with van der Waals surface area (Å²) in [6.45, 7) is 1.98. The van der Waals surface area contributed by atoms with E-state index in [1.54, 1.807) is 6.92 Å². The lowest BCUT2D eigenvalue weighted by molar-refractivity contribution is -0.162. The van der Waals surface area contributed by atoms with Gasteiger partial charge in [-0.2, -0.15) is 0 Å². The van der Waals surface area contributed by atoms with Crippen LogP contribution in [-0.4, -0.2) is 71.2 Å². The zero-order valence-electron chi connectivity index (χ0n) is 13.3. The molecule has 1 aromatic rings. The van der Waals surface area contributed by atoms with Crippen LogP contribution in [0.1, 0.15) is 17.3 Å². The maximum absolute atomic E-state index is 13.8. The summed E-state index contributed by atoms with van der Waals surface area (Å²) in [5.74, 6) is -2.66. The summed E-state index contributed by atoms with van der Waals surface area (Å²) >= 11 is 0. The monoisotopic (exact) mass is 337 g/mol. The average molecular weight is 337 g/mol. The first kappa shape index (κ1) is 16.4. The zero-order valence-corrected chi connectivity index (χ0v) is 13.3. The van der Waals surface area contributed by atoms with E-state index in [2.05, 4.69) is 0 Å². The van der Waals surface area contributed by atoms with Crippen LogP contribution in [0.4, 0.5) is 8.78 Å². The maximum atomic E-state index is 13.8. The Hall–Kier alpha value is -2.51. The molecule has 0 saturated carbocycles. The maximum Gasteiger partial charge on any atom is 0.257 e. The molecule has 8 heteroatoms. The predicted octanol–water partition coefficient (Wildman–Crippen LogP) is 0.478. The third-order valence-electron chi connectivity index (χ3n) is 4.68. The minimum atomic E-state index is -0.819. The van der Waals surface area contributed by atoms with E-state index in [9.17, 15) is 23.2 Å². The van der Waals surface area contributed by atoms with E-state index in [-0.39, 0.29) is 37.0 Å². The van der Waals surface area contributed by atoms with E-state index < -0.39 is 29.6 Å². The van der Waals surface area contributed by atoms with Crippen LogP contribution in [0, 0.1) is 11.6 Å². The summed E-state index contributed by atoms with van der Waals surface area (Å²) in [5, 5.41) is 0. The zero-order chi connectivity index (χ0) is 17.6. The van der Waals surface area contributed by atoms with Crippen molar-refractivity contribution < 1.29 is 23.2 Å². The molecule has 24 heavy (non-hydrogen) atoms. The number of hydrogen-bond donors (Lipinski definition) is 0. The number of carbonyl (C=O) groups is 3. The van der Waals surface area contributed by atoms with E-state index >= 15 is 0 Å². The first-order chi connectivity index (χ1) is 11.3. The summed E-state index contributed by atoms with van der Waals surface area (Å²) in [4.78, 5) is 41.2. The molecule has 2 aliphatic rings. The van der Waals surface area contributed by atoms with E-state index in [1.807, 2.05) is 0 Å². The Kier molecular flexibility index (Phi) is 3.98. The second kappa shape index (κ2) is 5.85. The van der Waals surface area contributed by atoms with Gasteiger partial charge in [-0.3, -0.25) is 14.4 Å². The molecule has 3 rings (SSSR count). The Morgan fingerprint density at radius 1 is 1.17 bits per heavy atom. The molecule has 2 heterocycles. The van der Waals surface area contributed by atoms with Gasteiger partial charge in [0.15, 0.2) is 0 Å². The van der Waals surface area contributed by atoms with Gasteiger partial charge in [-0.25, -0.2) is 8.78 Å². The first-order valence-electron chi connectivity index (χ1n) is 7.62. The molecule has 0 spiro atoms. The van der Waals surface area contributed by atoms with Gasteiger partial charge in [0.1, 0.15) is 23.7 Å². The molecule has 3 amide bonds. The van der Waals surface area contributed by atoms with Gasteiger partial charge in [-0.05, 0) is 25.1 Å². The van der Waals surface area contributed by atoms with E-state index in [4.69, 9.17) is 0 Å². The fourth-order valence-corrected chi connectivity index (χ4v) is 3.11. The molecular weight excluding hydrogens is 320 g/mol. The summed E-state index contributed by atoms with van der Waals surface area (Å²) in [7, 11) is 1.54. The SMILES string of the molecule is C[C@H]1C(=O)N2CCN(C(=O)c3cc(F)ccc3F)C[C@@H]2C(=O)N1C. The van der Waals surface area contributed by atoms with E-state index in [1.165, 1.54) is 21.7 Å². The Balaban J connectivity index is 1.84. The van der Waals surface area contributed by atoms with Crippen LogP contribution < -0.4 is 0 Å². The van der Waals surface area contributed by atoms with Crippen molar-refractivity contribution in [3.63, 3.8) is 0 Å². The Labute approximate surface area is 137 Å². The quantitative estimate of drug-likeness (QED) is 0.749. The molecule has 2 saturated heterocycles. The number of likely N-dealkylation sites (N-methyl/N-ethyl adjacent to an activating group) is 1. The topological polar surface area (TPSA) is 60.9 Å². The minimum Gasteiger partial charge on any atom is -0.334 e. The Bertz CT molecular complexity index is 725. The highest BCUT2D eigenvalue weighted by molar-refractivity contribution is 5.99. The van der Waals surface area contributed by atoms with Crippen molar-refractivity contribution in [3.8, 4) is 0 Å². The van der Waals surface area contributed by atoms with Gasteiger partial charge in [0, 0.05) is 20.1 Å². The van der Waals surface area contributed by atoms with Gasteiger partial charge in [0.25, 0.3) is 5.91 Å². The molecule has 128 valence electrons. The lowest BCUT2D eigenvalue weighted by atomic mass is 10.0. The normalized spacial score (nSPS) is 24.2. The van der Waals surface area contributed by atoms with E-state index in [0.717, 1.165) is 18.2 Å². The van der Waals surface area contributed by atoms with Crippen molar-refractivity contribution >= 4 is 17.7 Å². The van der Waals surface area contributed by atoms with Gasteiger partial charge in [-0.15, -0.1) is 0 Å². The third-order valence-corrected chi connectivity index (χ3v) is 4.68. The highest BCUT2D eigenvalue weighted by Gasteiger charge is 2.45. The number of amides is 3. The van der Waals surface area contributed by atoms with Crippen LogP contribution in [0.2, 0.25) is 0 Å². The molecule has 2 atom stereocenters. The number of nitrogens with zero attached hydrogens (tertiary/aromatic N) is 3. The molecule has 0 N–H and O–H groups in total. The number of carbonyl (C=O) groups excluding carboxylic acids is 3. The standard InChI is InChI=1S/C16H17F2N3O3/c1-9-14(22)21-6-5-20(8-13(21)16(24)19(9)2)15(23)11-7-10(17)3-4-12(11)18/h3-4,7,9,13H,5-6,8H2,1-2H3/t9-,13+/m0/s1. The fourth-order valence-electron chi connectivity index (χ4n) is 3.11. The highest BCUT2D eigenvalue weighted by Crippen LogP contribution is 2.22. The number of halogens is 2. The molecule has 0 unspecified atom stereocenters. The summed E-state index contributed by atoms with van der Waals surface area (Å²) in [6.07, 6.45) is 0.